The van der Waals surface area contributed by atoms with Crippen molar-refractivity contribution >= 4 is 5.91 Å². The van der Waals surface area contributed by atoms with Crippen molar-refractivity contribution in [2.45, 2.75) is 18.4 Å². The number of hydrogen-bond acceptors (Lipinski definition) is 2. The summed E-state index contributed by atoms with van der Waals surface area (Å²) in [5.74, 6) is 0.0209. The molecule has 2 aromatic rings. The van der Waals surface area contributed by atoms with Crippen molar-refractivity contribution in [3.8, 4) is 11.8 Å². The van der Waals surface area contributed by atoms with Gasteiger partial charge in [0.2, 0.25) is 0 Å². The van der Waals surface area contributed by atoms with Gasteiger partial charge in [-0.3, -0.25) is 4.79 Å². The Morgan fingerprint density at radius 1 is 1.25 bits per heavy atom. The van der Waals surface area contributed by atoms with Gasteiger partial charge >= 0.3 is 0 Å². The standard InChI is InChI=1S/C16H13N3O/c1-18-15(20)13-6-3-9-19(13)14-11(10-17)4-2-5-12(14)16(18)7-8-16/h2-6,9H,7-8H2,1H3. The molecule has 1 amide bonds. The molecule has 1 aliphatic carbocycles. The first kappa shape index (κ1) is 11.3. The lowest BCUT2D eigenvalue weighted by Crippen LogP contribution is -2.36. The van der Waals surface area contributed by atoms with Gasteiger partial charge in [0.1, 0.15) is 11.8 Å². The van der Waals surface area contributed by atoms with Crippen molar-refractivity contribution in [1.29, 1.82) is 5.26 Å². The second-order valence-electron chi connectivity index (χ2n) is 5.47. The molecule has 1 aromatic heterocycles. The Hall–Kier alpha value is -2.54. The van der Waals surface area contributed by atoms with Crippen molar-refractivity contribution in [3.05, 3.63) is 53.3 Å². The van der Waals surface area contributed by atoms with Gasteiger partial charge in [-0.2, -0.15) is 5.26 Å². The molecule has 2 heterocycles. The Morgan fingerprint density at radius 2 is 2.05 bits per heavy atom. The Morgan fingerprint density at radius 3 is 2.75 bits per heavy atom. The van der Waals surface area contributed by atoms with Crippen LogP contribution in [0, 0.1) is 11.3 Å². The summed E-state index contributed by atoms with van der Waals surface area (Å²) in [6, 6.07) is 11.7. The average Bonchev–Trinajstić information content (AvgIpc) is 3.15. The maximum atomic E-state index is 12.6. The number of nitrogens with zero attached hydrogens (tertiary/aromatic N) is 3. The lowest BCUT2D eigenvalue weighted by Gasteiger charge is -2.27. The topological polar surface area (TPSA) is 49.0 Å². The Kier molecular flexibility index (Phi) is 1.99. The van der Waals surface area contributed by atoms with Crippen molar-refractivity contribution in [1.82, 2.24) is 9.47 Å². The van der Waals surface area contributed by atoms with E-state index in [1.54, 1.807) is 0 Å². The lowest BCUT2D eigenvalue weighted by molar-refractivity contribution is 0.0705. The molecule has 0 bridgehead atoms. The van der Waals surface area contributed by atoms with Crippen LogP contribution in [0.3, 0.4) is 0 Å². The number of benzene rings is 1. The summed E-state index contributed by atoms with van der Waals surface area (Å²) in [6.07, 6.45) is 3.78. The molecule has 1 aromatic carbocycles. The van der Waals surface area contributed by atoms with Crippen molar-refractivity contribution in [2.24, 2.45) is 0 Å². The van der Waals surface area contributed by atoms with Crippen LogP contribution in [0.15, 0.2) is 36.5 Å². The molecule has 2 aliphatic rings. The van der Waals surface area contributed by atoms with Crippen LogP contribution in [0.5, 0.6) is 0 Å². The quantitative estimate of drug-likeness (QED) is 0.733. The molecule has 0 atom stereocenters. The maximum absolute atomic E-state index is 12.6. The monoisotopic (exact) mass is 263 g/mol. The van der Waals surface area contributed by atoms with Crippen LogP contribution in [0.4, 0.5) is 0 Å². The summed E-state index contributed by atoms with van der Waals surface area (Å²) in [4.78, 5) is 14.5. The summed E-state index contributed by atoms with van der Waals surface area (Å²) in [5, 5.41) is 9.41. The fraction of sp³-hybridized carbons (Fsp3) is 0.250. The van der Waals surface area contributed by atoms with E-state index in [9.17, 15) is 10.1 Å². The number of aromatic nitrogens is 1. The molecule has 4 heteroatoms. The van der Waals surface area contributed by atoms with Gasteiger partial charge in [0.25, 0.3) is 5.91 Å². The van der Waals surface area contributed by atoms with E-state index < -0.39 is 0 Å². The second-order valence-corrected chi connectivity index (χ2v) is 5.47. The first-order valence-electron chi connectivity index (χ1n) is 6.68. The maximum Gasteiger partial charge on any atom is 0.271 e. The predicted octanol–water partition coefficient (Wildman–Crippen LogP) is 2.42. The van der Waals surface area contributed by atoms with Gasteiger partial charge in [0, 0.05) is 18.8 Å². The molecule has 20 heavy (non-hydrogen) atoms. The van der Waals surface area contributed by atoms with Crippen LogP contribution in [0.2, 0.25) is 0 Å². The molecule has 0 radical (unpaired) electrons. The molecule has 1 spiro atoms. The number of nitriles is 1. The highest BCUT2D eigenvalue weighted by molar-refractivity contribution is 5.95. The molecule has 0 N–H and O–H groups in total. The van der Waals surface area contributed by atoms with Gasteiger partial charge in [-0.05, 0) is 31.0 Å². The highest BCUT2D eigenvalue weighted by Gasteiger charge is 2.53. The van der Waals surface area contributed by atoms with E-state index in [4.69, 9.17) is 0 Å². The highest BCUT2D eigenvalue weighted by atomic mass is 16.2. The van der Waals surface area contributed by atoms with Crippen LogP contribution in [0.25, 0.3) is 5.69 Å². The van der Waals surface area contributed by atoms with Crippen molar-refractivity contribution < 1.29 is 4.79 Å². The zero-order chi connectivity index (χ0) is 13.9. The summed E-state index contributed by atoms with van der Waals surface area (Å²) >= 11 is 0. The summed E-state index contributed by atoms with van der Waals surface area (Å²) < 4.78 is 1.86. The van der Waals surface area contributed by atoms with E-state index >= 15 is 0 Å². The van der Waals surface area contributed by atoms with E-state index in [-0.39, 0.29) is 11.4 Å². The normalized spacial score (nSPS) is 18.2. The SMILES string of the molecule is CN1C(=O)c2cccn2-c2c(C#N)cccc2C12CC2. The zero-order valence-corrected chi connectivity index (χ0v) is 11.1. The first-order valence-corrected chi connectivity index (χ1v) is 6.68. The fourth-order valence-electron chi connectivity index (χ4n) is 3.29. The van der Waals surface area contributed by atoms with Gasteiger partial charge in [-0.1, -0.05) is 12.1 Å². The van der Waals surface area contributed by atoms with Gasteiger partial charge in [-0.15, -0.1) is 0 Å². The fourth-order valence-corrected chi connectivity index (χ4v) is 3.29. The molecule has 1 aliphatic heterocycles. The lowest BCUT2D eigenvalue weighted by atomic mass is 9.98. The first-order chi connectivity index (χ1) is 9.69. The smallest absolute Gasteiger partial charge is 0.271 e. The molecule has 4 nitrogen and oxygen atoms in total. The molecule has 0 unspecified atom stereocenters. The van der Waals surface area contributed by atoms with E-state index in [1.807, 2.05) is 53.0 Å². The van der Waals surface area contributed by atoms with E-state index in [0.29, 0.717) is 11.3 Å². The predicted molar refractivity (Wildman–Crippen MR) is 73.5 cm³/mol. The van der Waals surface area contributed by atoms with Gasteiger partial charge in [0.15, 0.2) is 0 Å². The summed E-state index contributed by atoms with van der Waals surface area (Å²) in [5.41, 5.74) is 2.97. The molecule has 98 valence electrons. The van der Waals surface area contributed by atoms with Gasteiger partial charge in [0.05, 0.1) is 16.8 Å². The van der Waals surface area contributed by atoms with Crippen LogP contribution >= 0.6 is 0 Å². The molecule has 1 saturated carbocycles. The van der Waals surface area contributed by atoms with Crippen LogP contribution in [-0.2, 0) is 5.54 Å². The number of fused-ring (bicyclic) bond motifs is 4. The Balaban J connectivity index is 2.14. The van der Waals surface area contributed by atoms with Crippen LogP contribution in [0.1, 0.15) is 34.5 Å². The summed E-state index contributed by atoms with van der Waals surface area (Å²) in [6.45, 7) is 0. The highest BCUT2D eigenvalue weighted by Crippen LogP contribution is 2.54. The number of para-hydroxylation sites is 1. The minimum absolute atomic E-state index is 0.0209. The van der Waals surface area contributed by atoms with E-state index in [0.717, 1.165) is 24.1 Å². The Labute approximate surface area is 116 Å². The number of rotatable bonds is 0. The number of carbonyl (C=O) groups excluding carboxylic acids is 1. The third-order valence-electron chi connectivity index (χ3n) is 4.54. The second kappa shape index (κ2) is 3.51. The molecular weight excluding hydrogens is 250 g/mol. The minimum Gasteiger partial charge on any atom is -0.331 e. The zero-order valence-electron chi connectivity index (χ0n) is 11.1. The number of hydrogen-bond donors (Lipinski definition) is 0. The van der Waals surface area contributed by atoms with Crippen LogP contribution in [-0.4, -0.2) is 22.4 Å². The van der Waals surface area contributed by atoms with Crippen molar-refractivity contribution in [3.63, 3.8) is 0 Å². The molecule has 4 rings (SSSR count). The van der Waals surface area contributed by atoms with E-state index in [2.05, 4.69) is 6.07 Å². The van der Waals surface area contributed by atoms with Gasteiger partial charge in [-0.25, -0.2) is 0 Å². The molecule has 0 saturated heterocycles. The average molecular weight is 263 g/mol. The van der Waals surface area contributed by atoms with Gasteiger partial charge < -0.3 is 9.47 Å². The third-order valence-corrected chi connectivity index (χ3v) is 4.54. The largest absolute Gasteiger partial charge is 0.331 e. The van der Waals surface area contributed by atoms with Crippen LogP contribution < -0.4 is 0 Å². The van der Waals surface area contributed by atoms with Crippen molar-refractivity contribution in [2.75, 3.05) is 7.05 Å². The summed E-state index contributed by atoms with van der Waals surface area (Å²) in [7, 11) is 1.86. The number of carbonyl (C=O) groups is 1. The number of amides is 1. The minimum atomic E-state index is -0.224. The van der Waals surface area contributed by atoms with E-state index in [1.165, 1.54) is 0 Å². The Bertz CT molecular complexity index is 777. The third kappa shape index (κ3) is 1.17. The molecular formula is C16H13N3O. The molecule has 1 fully saturated rings.